The summed E-state index contributed by atoms with van der Waals surface area (Å²) < 4.78 is 0. The molecule has 3 N–H and O–H groups in total. The Morgan fingerprint density at radius 1 is 1.42 bits per heavy atom. The van der Waals surface area contributed by atoms with Crippen LogP contribution in [0.5, 0.6) is 5.75 Å². The van der Waals surface area contributed by atoms with Crippen molar-refractivity contribution in [2.45, 2.75) is 38.7 Å². The van der Waals surface area contributed by atoms with Gasteiger partial charge in [0, 0.05) is 13.1 Å². The third kappa shape index (κ3) is 3.65. The maximum absolute atomic E-state index is 12.5. The van der Waals surface area contributed by atoms with Gasteiger partial charge in [-0.2, -0.15) is 0 Å². The fourth-order valence-electron chi connectivity index (χ4n) is 3.25. The van der Waals surface area contributed by atoms with Crippen LogP contribution in [0.25, 0.3) is 0 Å². The molecule has 0 bridgehead atoms. The fraction of sp³-hybridized carbons (Fsp3) is 0.529. The summed E-state index contributed by atoms with van der Waals surface area (Å²) >= 11 is 5.84. The third-order valence-corrected chi connectivity index (χ3v) is 4.93. The molecule has 0 spiro atoms. The molecule has 7 heteroatoms. The van der Waals surface area contributed by atoms with E-state index in [2.05, 4.69) is 0 Å². The molecule has 0 aromatic heterocycles. The maximum atomic E-state index is 12.5. The summed E-state index contributed by atoms with van der Waals surface area (Å²) in [4.78, 5) is 25.8. The highest BCUT2D eigenvalue weighted by Gasteiger charge is 2.49. The number of benzene rings is 1. The van der Waals surface area contributed by atoms with E-state index in [9.17, 15) is 24.9 Å². The zero-order chi connectivity index (χ0) is 17.9. The smallest absolute Gasteiger partial charge is 0.314 e. The number of carboxylic acid groups (broad SMARTS) is 1. The van der Waals surface area contributed by atoms with Crippen molar-refractivity contribution >= 4 is 23.5 Å². The van der Waals surface area contributed by atoms with Crippen molar-refractivity contribution in [2.24, 2.45) is 5.41 Å². The number of carboxylic acids is 1. The molecule has 1 fully saturated rings. The minimum Gasteiger partial charge on any atom is -0.506 e. The number of rotatable bonds is 5. The Morgan fingerprint density at radius 3 is 2.71 bits per heavy atom. The first-order valence-electron chi connectivity index (χ1n) is 7.96. The molecule has 24 heavy (non-hydrogen) atoms. The van der Waals surface area contributed by atoms with Crippen LogP contribution in [0.1, 0.15) is 31.7 Å². The molecule has 0 radical (unpaired) electrons. The van der Waals surface area contributed by atoms with Gasteiger partial charge in [0.25, 0.3) is 0 Å². The van der Waals surface area contributed by atoms with Gasteiger partial charge in [-0.3, -0.25) is 9.59 Å². The minimum absolute atomic E-state index is 0.00197. The number of hydrogen-bond donors (Lipinski definition) is 3. The SMILES string of the molecule is CCC[C@@]1(C(=O)O)CN(C(=O)Cc2ccc(O)c(Cl)c2)CC[C@@H]1O. The van der Waals surface area contributed by atoms with E-state index in [1.807, 2.05) is 6.92 Å². The van der Waals surface area contributed by atoms with Crippen LogP contribution in [0.4, 0.5) is 0 Å². The fourth-order valence-corrected chi connectivity index (χ4v) is 3.45. The van der Waals surface area contributed by atoms with Crippen LogP contribution in [-0.2, 0) is 16.0 Å². The van der Waals surface area contributed by atoms with E-state index < -0.39 is 17.5 Å². The number of amides is 1. The average Bonchev–Trinajstić information content (AvgIpc) is 2.53. The van der Waals surface area contributed by atoms with E-state index in [0.29, 0.717) is 24.9 Å². The Morgan fingerprint density at radius 2 is 2.12 bits per heavy atom. The van der Waals surface area contributed by atoms with E-state index in [-0.39, 0.29) is 36.1 Å². The Kier molecular flexibility index (Phi) is 5.72. The number of likely N-dealkylation sites (tertiary alicyclic amines) is 1. The van der Waals surface area contributed by atoms with Crippen LogP contribution in [0.15, 0.2) is 18.2 Å². The number of aliphatic hydroxyl groups is 1. The number of aromatic hydroxyl groups is 1. The highest BCUT2D eigenvalue weighted by atomic mass is 35.5. The van der Waals surface area contributed by atoms with E-state index in [1.54, 1.807) is 6.07 Å². The number of piperidine rings is 1. The molecule has 1 aliphatic rings. The lowest BCUT2D eigenvalue weighted by atomic mass is 9.74. The molecule has 6 nitrogen and oxygen atoms in total. The van der Waals surface area contributed by atoms with Gasteiger partial charge in [0.05, 0.1) is 17.5 Å². The van der Waals surface area contributed by atoms with Gasteiger partial charge >= 0.3 is 5.97 Å². The number of nitrogens with zero attached hydrogens (tertiary/aromatic N) is 1. The molecule has 0 aliphatic carbocycles. The van der Waals surface area contributed by atoms with Crippen molar-refractivity contribution in [3.63, 3.8) is 0 Å². The number of phenolic OH excluding ortho intramolecular Hbond substituents is 1. The summed E-state index contributed by atoms with van der Waals surface area (Å²) in [5.41, 5.74) is -0.666. The van der Waals surface area contributed by atoms with Gasteiger partial charge in [-0.05, 0) is 30.5 Å². The van der Waals surface area contributed by atoms with Crippen LogP contribution in [0.3, 0.4) is 0 Å². The summed E-state index contributed by atoms with van der Waals surface area (Å²) in [5.74, 6) is -1.34. The second kappa shape index (κ2) is 7.40. The summed E-state index contributed by atoms with van der Waals surface area (Å²) in [6.07, 6.45) is 0.283. The standard InChI is InChI=1S/C17H22ClNO5/c1-2-6-17(16(23)24)10-19(7-5-14(17)21)15(22)9-11-3-4-13(20)12(18)8-11/h3-4,8,14,20-21H,2,5-7,9-10H2,1H3,(H,23,24)/t14-,17+/m0/s1. The second-order valence-electron chi connectivity index (χ2n) is 6.29. The number of carbonyl (C=O) groups excluding carboxylic acids is 1. The molecular formula is C17H22ClNO5. The maximum Gasteiger partial charge on any atom is 0.314 e. The highest BCUT2D eigenvalue weighted by Crippen LogP contribution is 2.36. The van der Waals surface area contributed by atoms with Gasteiger partial charge in [0.15, 0.2) is 0 Å². The second-order valence-corrected chi connectivity index (χ2v) is 6.70. The largest absolute Gasteiger partial charge is 0.506 e. The number of hydrogen-bond acceptors (Lipinski definition) is 4. The van der Waals surface area contributed by atoms with Crippen LogP contribution >= 0.6 is 11.6 Å². The number of aliphatic carboxylic acids is 1. The van der Waals surface area contributed by atoms with Crippen molar-refractivity contribution in [1.82, 2.24) is 4.90 Å². The Balaban J connectivity index is 2.14. The molecule has 2 atom stereocenters. The Bertz CT molecular complexity index is 635. The minimum atomic E-state index is -1.31. The topological polar surface area (TPSA) is 98.1 Å². The van der Waals surface area contributed by atoms with E-state index >= 15 is 0 Å². The Labute approximate surface area is 145 Å². The molecule has 1 heterocycles. The molecular weight excluding hydrogens is 334 g/mol. The van der Waals surface area contributed by atoms with Crippen LogP contribution in [0.2, 0.25) is 5.02 Å². The molecule has 1 aromatic rings. The van der Waals surface area contributed by atoms with Crippen LogP contribution < -0.4 is 0 Å². The molecule has 1 amide bonds. The first-order chi connectivity index (χ1) is 11.3. The quantitative estimate of drug-likeness (QED) is 0.751. The average molecular weight is 356 g/mol. The van der Waals surface area contributed by atoms with Gasteiger partial charge in [-0.15, -0.1) is 0 Å². The first-order valence-corrected chi connectivity index (χ1v) is 8.34. The van der Waals surface area contributed by atoms with E-state index in [0.717, 1.165) is 0 Å². The van der Waals surface area contributed by atoms with Crippen LogP contribution in [0, 0.1) is 5.41 Å². The van der Waals surface area contributed by atoms with Gasteiger partial charge in [-0.25, -0.2) is 0 Å². The van der Waals surface area contributed by atoms with Crippen molar-refractivity contribution < 1.29 is 24.9 Å². The van der Waals surface area contributed by atoms with Crippen molar-refractivity contribution in [2.75, 3.05) is 13.1 Å². The molecule has 0 unspecified atom stereocenters. The van der Waals surface area contributed by atoms with Gasteiger partial charge in [-0.1, -0.05) is 31.0 Å². The normalized spacial score (nSPS) is 24.0. The van der Waals surface area contributed by atoms with Crippen molar-refractivity contribution in [1.29, 1.82) is 0 Å². The number of aliphatic hydroxyl groups excluding tert-OH is 1. The van der Waals surface area contributed by atoms with Gasteiger partial charge in [0.1, 0.15) is 11.2 Å². The zero-order valence-corrected chi connectivity index (χ0v) is 14.3. The lowest BCUT2D eigenvalue weighted by Gasteiger charge is -2.43. The lowest BCUT2D eigenvalue weighted by Crippen LogP contribution is -2.57. The lowest BCUT2D eigenvalue weighted by molar-refractivity contribution is -0.166. The number of carbonyl (C=O) groups is 2. The molecule has 1 aromatic carbocycles. The molecule has 132 valence electrons. The van der Waals surface area contributed by atoms with Crippen molar-refractivity contribution in [3.8, 4) is 5.75 Å². The highest BCUT2D eigenvalue weighted by molar-refractivity contribution is 6.32. The molecule has 1 saturated heterocycles. The monoisotopic (exact) mass is 355 g/mol. The van der Waals surface area contributed by atoms with Gasteiger partial charge in [0.2, 0.25) is 5.91 Å². The number of halogens is 1. The van der Waals surface area contributed by atoms with E-state index in [1.165, 1.54) is 17.0 Å². The zero-order valence-electron chi connectivity index (χ0n) is 13.5. The Hall–Kier alpha value is -1.79. The summed E-state index contributed by atoms with van der Waals surface area (Å²) in [7, 11) is 0. The van der Waals surface area contributed by atoms with Gasteiger partial charge < -0.3 is 20.2 Å². The molecule has 0 saturated carbocycles. The first kappa shape index (κ1) is 18.5. The molecule has 1 aliphatic heterocycles. The van der Waals surface area contributed by atoms with E-state index in [4.69, 9.17) is 11.6 Å². The predicted octanol–water partition coefficient (Wildman–Crippen LogP) is 2.05. The molecule has 2 rings (SSSR count). The number of phenols is 1. The van der Waals surface area contributed by atoms with Crippen molar-refractivity contribution in [3.05, 3.63) is 28.8 Å². The predicted molar refractivity (Wildman–Crippen MR) is 89.0 cm³/mol. The summed E-state index contributed by atoms with van der Waals surface area (Å²) in [5, 5.41) is 29.4. The summed E-state index contributed by atoms with van der Waals surface area (Å²) in [6.45, 7) is 2.18. The summed E-state index contributed by atoms with van der Waals surface area (Å²) in [6, 6.07) is 4.54. The van der Waals surface area contributed by atoms with Crippen LogP contribution in [-0.4, -0.2) is 51.3 Å². The third-order valence-electron chi connectivity index (χ3n) is 4.63.